The molecule has 1 saturated heterocycles. The van der Waals surface area contributed by atoms with Crippen molar-refractivity contribution in [2.45, 2.75) is 26.2 Å². The minimum atomic E-state index is -0.263. The number of primary amides is 1. The average molecular weight is 446 g/mol. The second-order valence-electron chi connectivity index (χ2n) is 8.58. The highest BCUT2D eigenvalue weighted by Gasteiger charge is 2.28. The highest BCUT2D eigenvalue weighted by molar-refractivity contribution is 6.16. The van der Waals surface area contributed by atoms with Gasteiger partial charge in [-0.15, -0.1) is 0 Å². The van der Waals surface area contributed by atoms with Gasteiger partial charge in [-0.1, -0.05) is 31.2 Å². The largest absolute Gasteiger partial charge is 0.486 e. The zero-order valence-corrected chi connectivity index (χ0v) is 18.7. The molecule has 1 fully saturated rings. The molecular formula is C26H27N3O4. The summed E-state index contributed by atoms with van der Waals surface area (Å²) in [5, 5.41) is 0.841. The Morgan fingerprint density at radius 2 is 1.73 bits per heavy atom. The smallest absolute Gasteiger partial charge is 0.220 e. The molecule has 2 aliphatic heterocycles. The van der Waals surface area contributed by atoms with E-state index in [1.807, 2.05) is 36.4 Å². The minimum Gasteiger partial charge on any atom is -0.486 e. The van der Waals surface area contributed by atoms with Gasteiger partial charge in [0.25, 0.3) is 0 Å². The Morgan fingerprint density at radius 1 is 1.06 bits per heavy atom. The van der Waals surface area contributed by atoms with E-state index in [2.05, 4.69) is 16.8 Å². The summed E-state index contributed by atoms with van der Waals surface area (Å²) in [5.41, 5.74) is 9.46. The molecule has 2 aromatic carbocycles. The molecule has 0 atom stereocenters. The summed E-state index contributed by atoms with van der Waals surface area (Å²) in [6.45, 7) is 4.33. The normalized spacial score (nSPS) is 16.1. The summed E-state index contributed by atoms with van der Waals surface area (Å²) in [5.74, 6) is 0.837. The summed E-state index contributed by atoms with van der Waals surface area (Å²) < 4.78 is 11.5. The first-order valence-corrected chi connectivity index (χ1v) is 11.5. The van der Waals surface area contributed by atoms with E-state index < -0.39 is 0 Å². The summed E-state index contributed by atoms with van der Waals surface area (Å²) in [6, 6.07) is 11.5. The lowest BCUT2D eigenvalue weighted by molar-refractivity contribution is -0.122. The van der Waals surface area contributed by atoms with Gasteiger partial charge in [0.2, 0.25) is 5.91 Å². The number of fused-ring (bicyclic) bond motifs is 2. The van der Waals surface area contributed by atoms with Gasteiger partial charge in [-0.25, -0.2) is 0 Å². The van der Waals surface area contributed by atoms with Crippen LogP contribution in [-0.4, -0.2) is 43.0 Å². The Balaban J connectivity index is 1.62. The molecule has 170 valence electrons. The maximum absolute atomic E-state index is 13.6. The van der Waals surface area contributed by atoms with Crippen LogP contribution in [0.2, 0.25) is 0 Å². The van der Waals surface area contributed by atoms with Crippen molar-refractivity contribution >= 4 is 28.3 Å². The number of nitrogens with zero attached hydrogens (tertiary/aromatic N) is 2. The molecule has 2 aliphatic rings. The van der Waals surface area contributed by atoms with E-state index in [4.69, 9.17) is 15.2 Å². The Bertz CT molecular complexity index is 1210. The van der Waals surface area contributed by atoms with E-state index in [9.17, 15) is 9.59 Å². The molecule has 0 bridgehead atoms. The van der Waals surface area contributed by atoms with Crippen molar-refractivity contribution in [1.29, 1.82) is 0 Å². The zero-order chi connectivity index (χ0) is 22.9. The van der Waals surface area contributed by atoms with Gasteiger partial charge in [-0.2, -0.15) is 0 Å². The number of hydrogen-bond donors (Lipinski definition) is 1. The lowest BCUT2D eigenvalue weighted by atomic mass is 9.93. The van der Waals surface area contributed by atoms with Crippen LogP contribution >= 0.6 is 0 Å². The molecule has 0 aliphatic carbocycles. The fourth-order valence-corrected chi connectivity index (χ4v) is 4.66. The molecule has 0 unspecified atom stereocenters. The minimum absolute atomic E-state index is 0.0750. The van der Waals surface area contributed by atoms with Gasteiger partial charge in [0.1, 0.15) is 13.2 Å². The number of carbonyl (C=O) groups is 2. The van der Waals surface area contributed by atoms with Gasteiger partial charge >= 0.3 is 0 Å². The number of amides is 1. The number of nitrogens with two attached hydrogens (primary N) is 1. The van der Waals surface area contributed by atoms with Crippen LogP contribution in [0.4, 0.5) is 5.69 Å². The maximum Gasteiger partial charge on any atom is 0.220 e. The quantitative estimate of drug-likeness (QED) is 0.604. The van der Waals surface area contributed by atoms with Crippen molar-refractivity contribution in [3.63, 3.8) is 0 Å². The van der Waals surface area contributed by atoms with Gasteiger partial charge in [0.05, 0.1) is 16.8 Å². The highest BCUT2D eigenvalue weighted by Crippen LogP contribution is 2.40. The highest BCUT2D eigenvalue weighted by atomic mass is 16.6. The number of benzene rings is 2. The van der Waals surface area contributed by atoms with Crippen molar-refractivity contribution in [1.82, 2.24) is 4.98 Å². The first-order valence-electron chi connectivity index (χ1n) is 11.5. The fraction of sp³-hybridized carbons (Fsp3) is 0.346. The molecule has 7 heteroatoms. The Hall–Kier alpha value is -3.61. The zero-order valence-electron chi connectivity index (χ0n) is 18.7. The van der Waals surface area contributed by atoms with E-state index in [-0.39, 0.29) is 17.6 Å². The molecule has 0 radical (unpaired) electrons. The van der Waals surface area contributed by atoms with Crippen LogP contribution < -0.4 is 20.1 Å². The number of aromatic nitrogens is 1. The number of piperidine rings is 1. The number of pyridine rings is 1. The SMILES string of the molecule is CCc1ccc(C(=O)c2cnc3cc4c(cc3c2N2CCC(C(N)=O)CC2)OCCO4)cc1. The molecule has 1 aromatic heterocycles. The van der Waals surface area contributed by atoms with Gasteiger partial charge in [0, 0.05) is 42.2 Å². The first kappa shape index (κ1) is 21.2. The van der Waals surface area contributed by atoms with Crippen LogP contribution in [0.15, 0.2) is 42.6 Å². The van der Waals surface area contributed by atoms with Crippen LogP contribution in [0.5, 0.6) is 11.5 Å². The van der Waals surface area contributed by atoms with E-state index in [1.165, 1.54) is 5.56 Å². The van der Waals surface area contributed by atoms with Gasteiger partial charge in [-0.3, -0.25) is 14.6 Å². The van der Waals surface area contributed by atoms with E-state index in [1.54, 1.807) is 6.20 Å². The summed E-state index contributed by atoms with van der Waals surface area (Å²) in [7, 11) is 0. The first-order chi connectivity index (χ1) is 16.0. The third-order valence-corrected chi connectivity index (χ3v) is 6.59. The molecule has 3 heterocycles. The third-order valence-electron chi connectivity index (χ3n) is 6.59. The molecule has 5 rings (SSSR count). The molecule has 0 saturated carbocycles. The molecule has 7 nitrogen and oxygen atoms in total. The fourth-order valence-electron chi connectivity index (χ4n) is 4.66. The van der Waals surface area contributed by atoms with Crippen LogP contribution in [-0.2, 0) is 11.2 Å². The lowest BCUT2D eigenvalue weighted by Gasteiger charge is -2.34. The van der Waals surface area contributed by atoms with Crippen molar-refractivity contribution in [2.24, 2.45) is 11.7 Å². The molecule has 0 spiro atoms. The molecule has 3 aromatic rings. The van der Waals surface area contributed by atoms with Gasteiger partial charge < -0.3 is 20.1 Å². The standard InChI is InChI=1S/C26H27N3O4/c1-2-16-3-5-17(6-4-16)25(30)20-15-28-21-14-23-22(32-11-12-33-23)13-19(21)24(20)29-9-7-18(8-10-29)26(27)31/h3-6,13-15,18H,2,7-12H2,1H3,(H2,27,31). The number of carbonyl (C=O) groups excluding carboxylic acids is 2. The number of aryl methyl sites for hydroxylation is 1. The lowest BCUT2D eigenvalue weighted by Crippen LogP contribution is -2.39. The monoisotopic (exact) mass is 445 g/mol. The van der Waals surface area contributed by atoms with Gasteiger partial charge in [-0.05, 0) is 30.9 Å². The number of hydrogen-bond acceptors (Lipinski definition) is 6. The molecular weight excluding hydrogens is 418 g/mol. The van der Waals surface area contributed by atoms with Crippen molar-refractivity contribution in [3.8, 4) is 11.5 Å². The van der Waals surface area contributed by atoms with Crippen LogP contribution in [0.1, 0.15) is 41.3 Å². The summed E-state index contributed by atoms with van der Waals surface area (Å²) in [4.78, 5) is 32.1. The topological polar surface area (TPSA) is 94.8 Å². The predicted octanol–water partition coefficient (Wildman–Crippen LogP) is 3.50. The Kier molecular flexibility index (Phi) is 5.62. The molecule has 33 heavy (non-hydrogen) atoms. The Labute approximate surface area is 192 Å². The van der Waals surface area contributed by atoms with Crippen molar-refractivity contribution < 1.29 is 19.1 Å². The molecule has 2 N–H and O–H groups in total. The van der Waals surface area contributed by atoms with Crippen molar-refractivity contribution in [2.75, 3.05) is 31.2 Å². The predicted molar refractivity (Wildman–Crippen MR) is 126 cm³/mol. The average Bonchev–Trinajstić information content (AvgIpc) is 2.86. The van der Waals surface area contributed by atoms with E-state index in [0.717, 1.165) is 23.0 Å². The van der Waals surface area contributed by atoms with E-state index in [0.29, 0.717) is 61.8 Å². The van der Waals surface area contributed by atoms with Crippen LogP contribution in [0, 0.1) is 5.92 Å². The number of ether oxygens (including phenoxy) is 2. The number of ketones is 1. The summed E-state index contributed by atoms with van der Waals surface area (Å²) in [6.07, 6.45) is 3.88. The van der Waals surface area contributed by atoms with Crippen LogP contribution in [0.25, 0.3) is 10.9 Å². The summed E-state index contributed by atoms with van der Waals surface area (Å²) >= 11 is 0. The van der Waals surface area contributed by atoms with Gasteiger partial charge in [0.15, 0.2) is 17.3 Å². The maximum atomic E-state index is 13.6. The number of anilines is 1. The second-order valence-corrected chi connectivity index (χ2v) is 8.58. The van der Waals surface area contributed by atoms with E-state index >= 15 is 0 Å². The Morgan fingerprint density at radius 3 is 2.36 bits per heavy atom. The third kappa shape index (κ3) is 3.99. The second kappa shape index (κ2) is 8.73. The number of rotatable bonds is 5. The molecule has 1 amide bonds. The van der Waals surface area contributed by atoms with Crippen LogP contribution in [0.3, 0.4) is 0 Å². The van der Waals surface area contributed by atoms with Crippen molar-refractivity contribution in [3.05, 3.63) is 59.3 Å².